The van der Waals surface area contributed by atoms with Gasteiger partial charge in [0.2, 0.25) is 0 Å². The predicted molar refractivity (Wildman–Crippen MR) is 73.1 cm³/mol. The van der Waals surface area contributed by atoms with Gasteiger partial charge < -0.3 is 15.5 Å². The molecule has 6 heteroatoms. The van der Waals surface area contributed by atoms with Crippen molar-refractivity contribution < 1.29 is 13.2 Å². The molecule has 3 nitrogen and oxygen atoms in total. The molecule has 1 aliphatic carbocycles. The average Bonchev–Trinajstić information content (AvgIpc) is 2.84. The van der Waals surface area contributed by atoms with Gasteiger partial charge in [-0.05, 0) is 37.8 Å². The van der Waals surface area contributed by atoms with Gasteiger partial charge in [0, 0.05) is 12.1 Å². The SMILES string of the molecule is NC1CCC(NCc2ccc(CSC(F)F)o2)CC1. The van der Waals surface area contributed by atoms with Crippen LogP contribution in [0.2, 0.25) is 0 Å². The molecule has 0 amide bonds. The molecule has 19 heavy (non-hydrogen) atoms. The number of nitrogens with one attached hydrogen (secondary N) is 1. The normalized spacial score (nSPS) is 24.0. The van der Waals surface area contributed by atoms with Gasteiger partial charge in [0.05, 0.1) is 12.3 Å². The summed E-state index contributed by atoms with van der Waals surface area (Å²) in [6, 6.07) is 4.45. The first-order valence-electron chi connectivity index (χ1n) is 6.60. The Bertz CT molecular complexity index is 378. The van der Waals surface area contributed by atoms with Crippen LogP contribution >= 0.6 is 11.8 Å². The molecule has 1 heterocycles. The Balaban J connectivity index is 1.71. The highest BCUT2D eigenvalue weighted by molar-refractivity contribution is 7.98. The minimum absolute atomic E-state index is 0.218. The Labute approximate surface area is 116 Å². The summed E-state index contributed by atoms with van der Waals surface area (Å²) < 4.78 is 29.6. The van der Waals surface area contributed by atoms with Crippen molar-refractivity contribution in [3.8, 4) is 0 Å². The van der Waals surface area contributed by atoms with Crippen LogP contribution in [0.4, 0.5) is 8.78 Å². The quantitative estimate of drug-likeness (QED) is 0.845. The van der Waals surface area contributed by atoms with E-state index in [0.29, 0.717) is 36.2 Å². The number of rotatable bonds is 6. The van der Waals surface area contributed by atoms with Crippen LogP contribution < -0.4 is 11.1 Å². The van der Waals surface area contributed by atoms with Crippen molar-refractivity contribution in [2.75, 3.05) is 0 Å². The van der Waals surface area contributed by atoms with E-state index in [2.05, 4.69) is 5.32 Å². The summed E-state index contributed by atoms with van der Waals surface area (Å²) >= 11 is 0.583. The van der Waals surface area contributed by atoms with Crippen LogP contribution in [0.15, 0.2) is 16.5 Å². The van der Waals surface area contributed by atoms with Crippen molar-refractivity contribution >= 4 is 11.8 Å². The monoisotopic (exact) mass is 290 g/mol. The van der Waals surface area contributed by atoms with E-state index in [1.54, 1.807) is 6.07 Å². The molecule has 108 valence electrons. The molecule has 1 fully saturated rings. The Morgan fingerprint density at radius 3 is 2.63 bits per heavy atom. The minimum Gasteiger partial charge on any atom is -0.464 e. The highest BCUT2D eigenvalue weighted by Gasteiger charge is 2.18. The number of alkyl halides is 2. The van der Waals surface area contributed by atoms with Crippen molar-refractivity contribution in [3.05, 3.63) is 23.7 Å². The number of halogens is 2. The number of hydrogen-bond acceptors (Lipinski definition) is 4. The van der Waals surface area contributed by atoms with Gasteiger partial charge in [-0.1, -0.05) is 11.8 Å². The molecule has 1 aromatic rings. The van der Waals surface area contributed by atoms with Crippen LogP contribution in [-0.2, 0) is 12.3 Å². The van der Waals surface area contributed by atoms with Gasteiger partial charge in [0.15, 0.2) is 0 Å². The number of nitrogens with two attached hydrogens (primary N) is 1. The zero-order valence-corrected chi connectivity index (χ0v) is 11.6. The summed E-state index contributed by atoms with van der Waals surface area (Å²) in [6.07, 6.45) is 4.31. The highest BCUT2D eigenvalue weighted by Crippen LogP contribution is 2.22. The third-order valence-corrected chi connectivity index (χ3v) is 4.11. The average molecular weight is 290 g/mol. The molecular formula is C13H20F2N2OS. The first-order chi connectivity index (χ1) is 9.13. The van der Waals surface area contributed by atoms with Gasteiger partial charge in [0.25, 0.3) is 5.76 Å². The molecular weight excluding hydrogens is 270 g/mol. The van der Waals surface area contributed by atoms with E-state index in [1.807, 2.05) is 6.07 Å². The molecule has 1 saturated carbocycles. The smallest absolute Gasteiger partial charge is 0.284 e. The Hall–Kier alpha value is -0.590. The van der Waals surface area contributed by atoms with Gasteiger partial charge >= 0.3 is 0 Å². The van der Waals surface area contributed by atoms with Crippen LogP contribution in [0.25, 0.3) is 0 Å². The summed E-state index contributed by atoms with van der Waals surface area (Å²) in [4.78, 5) is 0. The Morgan fingerprint density at radius 1 is 1.26 bits per heavy atom. The molecule has 2 rings (SSSR count). The molecule has 0 unspecified atom stereocenters. The van der Waals surface area contributed by atoms with Crippen LogP contribution in [-0.4, -0.2) is 17.8 Å². The fourth-order valence-corrected chi connectivity index (χ4v) is 2.75. The number of hydrogen-bond donors (Lipinski definition) is 2. The molecule has 1 aliphatic rings. The van der Waals surface area contributed by atoms with E-state index in [1.165, 1.54) is 0 Å². The topological polar surface area (TPSA) is 51.2 Å². The molecule has 0 bridgehead atoms. The molecule has 3 N–H and O–H groups in total. The maximum atomic E-state index is 12.0. The van der Waals surface area contributed by atoms with E-state index >= 15 is 0 Å². The van der Waals surface area contributed by atoms with E-state index < -0.39 is 5.76 Å². The van der Waals surface area contributed by atoms with Crippen molar-refractivity contribution in [1.29, 1.82) is 0 Å². The first kappa shape index (κ1) is 14.8. The molecule has 0 aromatic carbocycles. The summed E-state index contributed by atoms with van der Waals surface area (Å²) in [5.41, 5.74) is 5.86. The van der Waals surface area contributed by atoms with E-state index in [4.69, 9.17) is 10.2 Å². The van der Waals surface area contributed by atoms with E-state index in [0.717, 1.165) is 31.4 Å². The Morgan fingerprint density at radius 2 is 1.95 bits per heavy atom. The van der Waals surface area contributed by atoms with Gasteiger partial charge in [-0.2, -0.15) is 8.78 Å². The third kappa shape index (κ3) is 5.12. The molecule has 0 radical (unpaired) electrons. The minimum atomic E-state index is -2.35. The van der Waals surface area contributed by atoms with Crippen LogP contribution in [0.1, 0.15) is 37.2 Å². The zero-order valence-electron chi connectivity index (χ0n) is 10.8. The summed E-state index contributed by atoms with van der Waals surface area (Å²) in [5.74, 6) is -0.721. The predicted octanol–water partition coefficient (Wildman–Crippen LogP) is 3.09. The van der Waals surface area contributed by atoms with Crippen molar-refractivity contribution in [2.45, 2.75) is 55.8 Å². The fourth-order valence-electron chi connectivity index (χ4n) is 2.31. The largest absolute Gasteiger partial charge is 0.464 e. The number of furan rings is 1. The lowest BCUT2D eigenvalue weighted by Gasteiger charge is -2.26. The second kappa shape index (κ2) is 7.26. The standard InChI is InChI=1S/C13H20F2N2OS/c14-13(15)19-8-12-6-5-11(18-12)7-17-10-3-1-9(16)2-4-10/h5-6,9-10,13,17H,1-4,7-8,16H2. The summed E-state index contributed by atoms with van der Waals surface area (Å²) in [7, 11) is 0. The second-order valence-corrected chi connectivity index (χ2v) is 5.91. The van der Waals surface area contributed by atoms with Crippen LogP contribution in [0.5, 0.6) is 0 Å². The zero-order chi connectivity index (χ0) is 13.7. The van der Waals surface area contributed by atoms with E-state index in [9.17, 15) is 8.78 Å². The lowest BCUT2D eigenvalue weighted by atomic mass is 9.92. The first-order valence-corrected chi connectivity index (χ1v) is 7.64. The van der Waals surface area contributed by atoms with Gasteiger partial charge in [-0.25, -0.2) is 0 Å². The lowest BCUT2D eigenvalue weighted by Crippen LogP contribution is -2.36. The molecule has 0 saturated heterocycles. The molecule has 0 aliphatic heterocycles. The van der Waals surface area contributed by atoms with Crippen LogP contribution in [0, 0.1) is 0 Å². The van der Waals surface area contributed by atoms with Crippen LogP contribution in [0.3, 0.4) is 0 Å². The summed E-state index contributed by atoms with van der Waals surface area (Å²) in [5, 5.41) is 3.43. The lowest BCUT2D eigenvalue weighted by molar-refractivity contribution is 0.251. The number of thioether (sulfide) groups is 1. The molecule has 0 spiro atoms. The van der Waals surface area contributed by atoms with Crippen molar-refractivity contribution in [2.24, 2.45) is 5.73 Å². The maximum Gasteiger partial charge on any atom is 0.284 e. The van der Waals surface area contributed by atoms with Crippen molar-refractivity contribution in [3.63, 3.8) is 0 Å². The fraction of sp³-hybridized carbons (Fsp3) is 0.692. The summed E-state index contributed by atoms with van der Waals surface area (Å²) in [6.45, 7) is 0.652. The molecule has 0 atom stereocenters. The Kier molecular flexibility index (Phi) is 5.66. The molecule has 1 aromatic heterocycles. The van der Waals surface area contributed by atoms with Gasteiger partial charge in [-0.15, -0.1) is 0 Å². The van der Waals surface area contributed by atoms with Crippen molar-refractivity contribution in [1.82, 2.24) is 5.32 Å². The second-order valence-electron chi connectivity index (χ2n) is 4.93. The third-order valence-electron chi connectivity index (χ3n) is 3.41. The van der Waals surface area contributed by atoms with E-state index in [-0.39, 0.29) is 5.75 Å². The highest BCUT2D eigenvalue weighted by atomic mass is 32.2. The maximum absolute atomic E-state index is 12.0. The van der Waals surface area contributed by atoms with Gasteiger partial charge in [-0.3, -0.25) is 0 Å². The van der Waals surface area contributed by atoms with Gasteiger partial charge in [0.1, 0.15) is 11.5 Å².